The van der Waals surface area contributed by atoms with Gasteiger partial charge in [0.1, 0.15) is 11.7 Å². The van der Waals surface area contributed by atoms with Crippen LogP contribution in [0.15, 0.2) is 83.6 Å². The highest BCUT2D eigenvalue weighted by Crippen LogP contribution is 2.34. The summed E-state index contributed by atoms with van der Waals surface area (Å²) in [6, 6.07) is 6.58. The van der Waals surface area contributed by atoms with Crippen LogP contribution in [0.1, 0.15) is 55.1 Å². The highest BCUT2D eigenvalue weighted by Gasteiger charge is 2.25. The molecule has 3 N–H and O–H groups in total. The summed E-state index contributed by atoms with van der Waals surface area (Å²) >= 11 is 0. The Morgan fingerprint density at radius 1 is 1.29 bits per heavy atom. The quantitative estimate of drug-likeness (QED) is 0.317. The molecule has 4 nitrogen and oxygen atoms in total. The molecule has 0 aliphatic heterocycles. The molecule has 1 aromatic rings. The molecule has 31 heavy (non-hydrogen) atoms. The average molecular weight is 427 g/mol. The van der Waals surface area contributed by atoms with Gasteiger partial charge in [0, 0.05) is 29.6 Å². The second-order valence-electron chi connectivity index (χ2n) is 7.32. The van der Waals surface area contributed by atoms with Gasteiger partial charge < -0.3 is 10.8 Å². The maximum atomic E-state index is 14.2. The SMILES string of the molecule is C\C=C(C[C@@H]1CC=C(F)C=C1F)/C(=C\C=C/N)C(=O)CC(O)c1ccccc1C(C)=O. The molecule has 0 fully saturated rings. The van der Waals surface area contributed by atoms with E-state index in [2.05, 4.69) is 0 Å². The van der Waals surface area contributed by atoms with Crippen molar-refractivity contribution < 1.29 is 23.5 Å². The first kappa shape index (κ1) is 24.2. The highest BCUT2D eigenvalue weighted by molar-refractivity contribution is 6.00. The van der Waals surface area contributed by atoms with Crippen LogP contribution in [0.2, 0.25) is 0 Å². The molecule has 0 spiro atoms. The van der Waals surface area contributed by atoms with Gasteiger partial charge in [-0.2, -0.15) is 0 Å². The molecule has 1 aliphatic carbocycles. The Morgan fingerprint density at radius 2 is 2.00 bits per heavy atom. The van der Waals surface area contributed by atoms with E-state index in [-0.39, 0.29) is 36.4 Å². The third-order valence-electron chi connectivity index (χ3n) is 5.18. The van der Waals surface area contributed by atoms with Gasteiger partial charge in [-0.15, -0.1) is 0 Å². The number of aliphatic hydroxyl groups excluding tert-OH is 1. The number of carbonyl (C=O) groups is 2. The van der Waals surface area contributed by atoms with Crippen LogP contribution < -0.4 is 5.73 Å². The van der Waals surface area contributed by atoms with E-state index in [9.17, 15) is 23.5 Å². The molecule has 0 saturated heterocycles. The van der Waals surface area contributed by atoms with Gasteiger partial charge >= 0.3 is 0 Å². The minimum atomic E-state index is -1.18. The zero-order chi connectivity index (χ0) is 23.0. The van der Waals surface area contributed by atoms with Crippen LogP contribution in [-0.4, -0.2) is 16.7 Å². The summed E-state index contributed by atoms with van der Waals surface area (Å²) in [6.07, 6.45) is 7.08. The van der Waals surface area contributed by atoms with Crippen molar-refractivity contribution in [1.29, 1.82) is 0 Å². The van der Waals surface area contributed by atoms with Gasteiger partial charge in [0.15, 0.2) is 11.6 Å². The Kier molecular flexibility index (Phi) is 8.82. The average Bonchev–Trinajstić information content (AvgIpc) is 2.74. The Morgan fingerprint density at radius 3 is 2.61 bits per heavy atom. The lowest BCUT2D eigenvalue weighted by atomic mass is 9.85. The molecule has 1 aromatic carbocycles. The van der Waals surface area contributed by atoms with Crippen molar-refractivity contribution in [3.05, 3.63) is 94.8 Å². The van der Waals surface area contributed by atoms with E-state index in [1.54, 1.807) is 37.3 Å². The number of halogens is 2. The standard InChI is InChI=1S/C25H27F2NO3/c1-3-17(13-18-10-11-19(26)14-23(18)27)21(9-6-12-28)24(30)15-25(31)22-8-5-4-7-20(22)16(2)29/h3-9,11-12,14,18,25,31H,10,13,15,28H2,1-2H3/b12-6-,17-3-,21-9+/t18-,25?/m0/s1. The van der Waals surface area contributed by atoms with E-state index in [1.807, 2.05) is 0 Å². The number of allylic oxidation sites excluding steroid dienone is 9. The molecule has 0 aromatic heterocycles. The van der Waals surface area contributed by atoms with Crippen LogP contribution in [0.3, 0.4) is 0 Å². The number of benzene rings is 1. The van der Waals surface area contributed by atoms with Gasteiger partial charge in [-0.3, -0.25) is 9.59 Å². The van der Waals surface area contributed by atoms with Crippen molar-refractivity contribution in [2.45, 2.75) is 39.2 Å². The largest absolute Gasteiger partial charge is 0.405 e. The van der Waals surface area contributed by atoms with E-state index in [4.69, 9.17) is 5.73 Å². The lowest BCUT2D eigenvalue weighted by Gasteiger charge is -2.20. The summed E-state index contributed by atoms with van der Waals surface area (Å²) < 4.78 is 27.5. The Hall–Kier alpha value is -3.12. The molecular formula is C25H27F2NO3. The van der Waals surface area contributed by atoms with Gasteiger partial charge in [-0.1, -0.05) is 30.3 Å². The fourth-order valence-corrected chi connectivity index (χ4v) is 3.54. The van der Waals surface area contributed by atoms with Gasteiger partial charge in [-0.25, -0.2) is 8.78 Å². The Balaban J connectivity index is 2.26. The van der Waals surface area contributed by atoms with Gasteiger partial charge in [0.05, 0.1) is 6.10 Å². The number of ketones is 2. The Labute approximate surface area is 181 Å². The van der Waals surface area contributed by atoms with E-state index < -0.39 is 23.7 Å². The molecule has 2 atom stereocenters. The van der Waals surface area contributed by atoms with E-state index >= 15 is 0 Å². The third-order valence-corrected chi connectivity index (χ3v) is 5.18. The normalized spacial score (nSPS) is 18.5. The zero-order valence-electron chi connectivity index (χ0n) is 17.6. The van der Waals surface area contributed by atoms with Crippen LogP contribution in [0.4, 0.5) is 8.78 Å². The second-order valence-corrected chi connectivity index (χ2v) is 7.32. The summed E-state index contributed by atoms with van der Waals surface area (Å²) in [6.45, 7) is 3.12. The predicted octanol–water partition coefficient (Wildman–Crippen LogP) is 5.34. The van der Waals surface area contributed by atoms with Crippen LogP contribution in [0.25, 0.3) is 0 Å². The molecule has 1 aliphatic rings. The first-order valence-corrected chi connectivity index (χ1v) is 10.1. The Bertz CT molecular complexity index is 986. The van der Waals surface area contributed by atoms with Gasteiger partial charge in [-0.05, 0) is 62.3 Å². The molecule has 0 radical (unpaired) electrons. The lowest BCUT2D eigenvalue weighted by Crippen LogP contribution is -2.15. The van der Waals surface area contributed by atoms with Crippen molar-refractivity contribution >= 4 is 11.6 Å². The maximum absolute atomic E-state index is 14.2. The molecule has 0 bridgehead atoms. The van der Waals surface area contributed by atoms with Gasteiger partial charge in [0.25, 0.3) is 0 Å². The van der Waals surface area contributed by atoms with Crippen LogP contribution in [-0.2, 0) is 4.79 Å². The van der Waals surface area contributed by atoms with Crippen molar-refractivity contribution in [2.75, 3.05) is 0 Å². The first-order chi connectivity index (χ1) is 14.8. The summed E-state index contributed by atoms with van der Waals surface area (Å²) in [5.41, 5.74) is 7.00. The zero-order valence-corrected chi connectivity index (χ0v) is 17.6. The fourth-order valence-electron chi connectivity index (χ4n) is 3.54. The molecule has 2 rings (SSSR count). The minimum Gasteiger partial charge on any atom is -0.405 e. The number of hydrogen-bond donors (Lipinski definition) is 2. The number of hydrogen-bond acceptors (Lipinski definition) is 4. The van der Waals surface area contributed by atoms with E-state index in [0.717, 1.165) is 6.08 Å². The topological polar surface area (TPSA) is 80.4 Å². The van der Waals surface area contributed by atoms with Crippen molar-refractivity contribution in [3.63, 3.8) is 0 Å². The smallest absolute Gasteiger partial charge is 0.166 e. The summed E-state index contributed by atoms with van der Waals surface area (Å²) in [7, 11) is 0. The van der Waals surface area contributed by atoms with E-state index in [1.165, 1.54) is 31.4 Å². The second kappa shape index (κ2) is 11.3. The van der Waals surface area contributed by atoms with Crippen LogP contribution >= 0.6 is 0 Å². The number of aliphatic hydroxyl groups is 1. The van der Waals surface area contributed by atoms with E-state index in [0.29, 0.717) is 16.7 Å². The monoisotopic (exact) mass is 427 g/mol. The first-order valence-electron chi connectivity index (χ1n) is 10.1. The van der Waals surface area contributed by atoms with Crippen molar-refractivity contribution in [2.24, 2.45) is 11.7 Å². The summed E-state index contributed by atoms with van der Waals surface area (Å²) in [5, 5.41) is 10.7. The highest BCUT2D eigenvalue weighted by atomic mass is 19.1. The summed E-state index contributed by atoms with van der Waals surface area (Å²) in [5.74, 6) is -2.35. The van der Waals surface area contributed by atoms with Crippen LogP contribution in [0.5, 0.6) is 0 Å². The molecular weight excluding hydrogens is 400 g/mol. The third kappa shape index (κ3) is 6.43. The van der Waals surface area contributed by atoms with Crippen LogP contribution in [0, 0.1) is 5.92 Å². The number of Topliss-reactive ketones (excluding diaryl/α,β-unsaturated/α-hetero) is 2. The lowest BCUT2D eigenvalue weighted by molar-refractivity contribution is -0.117. The number of rotatable bonds is 9. The minimum absolute atomic E-state index is 0.189. The number of nitrogens with two attached hydrogens (primary N) is 1. The molecule has 0 saturated carbocycles. The predicted molar refractivity (Wildman–Crippen MR) is 117 cm³/mol. The van der Waals surface area contributed by atoms with Gasteiger partial charge in [0.2, 0.25) is 0 Å². The fraction of sp³-hybridized carbons (Fsp3) is 0.280. The molecule has 6 heteroatoms. The maximum Gasteiger partial charge on any atom is 0.166 e. The molecule has 0 amide bonds. The van der Waals surface area contributed by atoms with Crippen molar-refractivity contribution in [3.8, 4) is 0 Å². The molecule has 164 valence electrons. The molecule has 1 unspecified atom stereocenters. The van der Waals surface area contributed by atoms with Crippen molar-refractivity contribution in [1.82, 2.24) is 0 Å². The molecule has 0 heterocycles. The summed E-state index contributed by atoms with van der Waals surface area (Å²) in [4.78, 5) is 24.9. The number of carbonyl (C=O) groups excluding carboxylic acids is 2.